The summed E-state index contributed by atoms with van der Waals surface area (Å²) in [6.45, 7) is 3.27. The zero-order valence-electron chi connectivity index (χ0n) is 15.1. The predicted octanol–water partition coefficient (Wildman–Crippen LogP) is 2.34. The van der Waals surface area contributed by atoms with Gasteiger partial charge in [-0.1, -0.05) is 11.6 Å². The highest BCUT2D eigenvalue weighted by Gasteiger charge is 2.71. The molecule has 4 aliphatic rings. The first-order chi connectivity index (χ1) is 12.5. The Morgan fingerprint density at radius 1 is 1.27 bits per heavy atom. The Morgan fingerprint density at radius 2 is 2.04 bits per heavy atom. The number of amides is 1. The van der Waals surface area contributed by atoms with E-state index in [0.29, 0.717) is 49.6 Å². The Labute approximate surface area is 153 Å². The molecule has 26 heavy (non-hydrogen) atoms. The molecule has 1 aromatic rings. The standard InChI is InChI=1S/C21H25NO4/c1-12-2-3-17-15(10-12)16(24)11-21(26-17)7-4-14-18(19(14)21)20(25)22-8-5-13(23)6-9-22/h2-3,10,13-14,18-19,23H,4-9,11H2,1H3/t14-,18-,19-,21+/m1/s1. The number of aryl methyl sites for hydroxylation is 1. The minimum absolute atomic E-state index is 0.00112. The van der Waals surface area contributed by atoms with Gasteiger partial charge in [0.25, 0.3) is 0 Å². The Bertz CT molecular complexity index is 782. The van der Waals surface area contributed by atoms with Crippen LogP contribution < -0.4 is 4.74 Å². The second-order valence-electron chi connectivity index (χ2n) is 8.58. The van der Waals surface area contributed by atoms with Crippen LogP contribution in [0.25, 0.3) is 0 Å². The fourth-order valence-electron chi connectivity index (χ4n) is 5.56. The van der Waals surface area contributed by atoms with Crippen molar-refractivity contribution in [3.63, 3.8) is 0 Å². The van der Waals surface area contributed by atoms with E-state index in [1.54, 1.807) is 0 Å². The van der Waals surface area contributed by atoms with Gasteiger partial charge in [-0.15, -0.1) is 0 Å². The van der Waals surface area contributed by atoms with Gasteiger partial charge in [0.05, 0.1) is 18.1 Å². The number of nitrogens with zero attached hydrogens (tertiary/aromatic N) is 1. The van der Waals surface area contributed by atoms with Crippen molar-refractivity contribution in [1.82, 2.24) is 4.90 Å². The summed E-state index contributed by atoms with van der Waals surface area (Å²) in [6, 6.07) is 5.79. The smallest absolute Gasteiger partial charge is 0.226 e. The predicted molar refractivity (Wildman–Crippen MR) is 95.0 cm³/mol. The Morgan fingerprint density at radius 3 is 2.81 bits per heavy atom. The molecule has 1 aromatic carbocycles. The molecule has 1 amide bonds. The lowest BCUT2D eigenvalue weighted by molar-refractivity contribution is -0.136. The Balaban J connectivity index is 1.37. The largest absolute Gasteiger partial charge is 0.486 e. The number of aliphatic hydroxyl groups excluding tert-OH is 1. The van der Waals surface area contributed by atoms with Gasteiger partial charge in [0.1, 0.15) is 11.4 Å². The van der Waals surface area contributed by atoms with Gasteiger partial charge in [0, 0.05) is 24.9 Å². The SMILES string of the molecule is Cc1ccc2c(c1)C(=O)C[C@]1(CC[C@@H]3[C@@H](C(=O)N4CCC(O)CC4)[C@@H]31)O2. The Kier molecular flexibility index (Phi) is 3.48. The number of ether oxygens (including phenoxy) is 1. The average Bonchev–Trinajstić information content (AvgIpc) is 3.27. The summed E-state index contributed by atoms with van der Waals surface area (Å²) in [5.74, 6) is 1.56. The highest BCUT2D eigenvalue weighted by Crippen LogP contribution is 2.66. The molecule has 2 heterocycles. The minimum Gasteiger partial charge on any atom is -0.486 e. The number of fused-ring (bicyclic) bond motifs is 3. The lowest BCUT2D eigenvalue weighted by Crippen LogP contribution is -2.46. The summed E-state index contributed by atoms with van der Waals surface area (Å²) < 4.78 is 6.41. The maximum absolute atomic E-state index is 13.0. The molecule has 2 aliphatic carbocycles. The van der Waals surface area contributed by atoms with Crippen molar-refractivity contribution in [3.05, 3.63) is 29.3 Å². The van der Waals surface area contributed by atoms with Crippen molar-refractivity contribution in [2.45, 2.75) is 50.7 Å². The second-order valence-corrected chi connectivity index (χ2v) is 8.58. The summed E-state index contributed by atoms with van der Waals surface area (Å²) >= 11 is 0. The molecule has 1 spiro atoms. The normalized spacial score (nSPS) is 35.8. The molecule has 5 nitrogen and oxygen atoms in total. The van der Waals surface area contributed by atoms with Crippen LogP contribution in [0.15, 0.2) is 18.2 Å². The summed E-state index contributed by atoms with van der Waals surface area (Å²) in [7, 11) is 0. The van der Waals surface area contributed by atoms with Gasteiger partial charge in [-0.2, -0.15) is 0 Å². The molecule has 138 valence electrons. The summed E-state index contributed by atoms with van der Waals surface area (Å²) in [5.41, 5.74) is 1.26. The molecule has 2 saturated carbocycles. The monoisotopic (exact) mass is 355 g/mol. The first kappa shape index (κ1) is 16.3. The zero-order valence-corrected chi connectivity index (χ0v) is 15.1. The Hall–Kier alpha value is -1.88. The second kappa shape index (κ2) is 5.56. The van der Waals surface area contributed by atoms with Crippen LogP contribution in [0, 0.1) is 24.7 Å². The number of hydrogen-bond acceptors (Lipinski definition) is 4. The number of aliphatic hydroxyl groups is 1. The molecule has 5 rings (SSSR count). The van der Waals surface area contributed by atoms with Gasteiger partial charge in [0.15, 0.2) is 5.78 Å². The van der Waals surface area contributed by atoms with Crippen LogP contribution in [0.2, 0.25) is 0 Å². The van der Waals surface area contributed by atoms with Crippen LogP contribution in [0.1, 0.15) is 48.0 Å². The van der Waals surface area contributed by atoms with E-state index in [-0.39, 0.29) is 29.6 Å². The van der Waals surface area contributed by atoms with Crippen LogP contribution in [0.3, 0.4) is 0 Å². The first-order valence-corrected chi connectivity index (χ1v) is 9.78. The zero-order chi connectivity index (χ0) is 18.1. The molecular formula is C21H25NO4. The van der Waals surface area contributed by atoms with Crippen molar-refractivity contribution in [2.75, 3.05) is 13.1 Å². The van der Waals surface area contributed by atoms with E-state index in [2.05, 4.69) is 0 Å². The number of likely N-dealkylation sites (tertiary alicyclic amines) is 1. The molecule has 5 heteroatoms. The highest BCUT2D eigenvalue weighted by atomic mass is 16.5. The molecule has 0 aromatic heterocycles. The molecule has 1 saturated heterocycles. The third kappa shape index (κ3) is 2.33. The van der Waals surface area contributed by atoms with Crippen molar-refractivity contribution < 1.29 is 19.4 Å². The lowest BCUT2D eigenvalue weighted by atomic mass is 9.83. The van der Waals surface area contributed by atoms with E-state index in [0.717, 1.165) is 18.4 Å². The molecule has 0 radical (unpaired) electrons. The molecular weight excluding hydrogens is 330 g/mol. The number of carbonyl (C=O) groups is 2. The van der Waals surface area contributed by atoms with Gasteiger partial charge in [-0.25, -0.2) is 0 Å². The maximum atomic E-state index is 13.0. The molecule has 0 bridgehead atoms. The van der Waals surface area contributed by atoms with Crippen LogP contribution in [0.4, 0.5) is 0 Å². The van der Waals surface area contributed by atoms with E-state index in [9.17, 15) is 14.7 Å². The van der Waals surface area contributed by atoms with Gasteiger partial charge in [-0.05, 0) is 50.7 Å². The topological polar surface area (TPSA) is 66.8 Å². The summed E-state index contributed by atoms with van der Waals surface area (Å²) in [4.78, 5) is 27.7. The van der Waals surface area contributed by atoms with Gasteiger partial charge in [-0.3, -0.25) is 9.59 Å². The average molecular weight is 355 g/mol. The van der Waals surface area contributed by atoms with E-state index >= 15 is 0 Å². The van der Waals surface area contributed by atoms with Crippen LogP contribution >= 0.6 is 0 Å². The number of piperidine rings is 1. The number of ketones is 1. The van der Waals surface area contributed by atoms with Gasteiger partial charge in [0.2, 0.25) is 5.91 Å². The van der Waals surface area contributed by atoms with Crippen molar-refractivity contribution in [3.8, 4) is 5.75 Å². The number of hydrogen-bond donors (Lipinski definition) is 1. The van der Waals surface area contributed by atoms with E-state index in [1.165, 1.54) is 0 Å². The van der Waals surface area contributed by atoms with Crippen molar-refractivity contribution in [1.29, 1.82) is 0 Å². The molecule has 2 aliphatic heterocycles. The number of rotatable bonds is 1. The van der Waals surface area contributed by atoms with Crippen LogP contribution in [0.5, 0.6) is 5.75 Å². The van der Waals surface area contributed by atoms with E-state index < -0.39 is 5.60 Å². The number of carbonyl (C=O) groups excluding carboxylic acids is 2. The minimum atomic E-state index is -0.486. The lowest BCUT2D eigenvalue weighted by Gasteiger charge is -2.38. The van der Waals surface area contributed by atoms with Gasteiger partial charge >= 0.3 is 0 Å². The number of Topliss-reactive ketones (excluding diaryl/α,β-unsaturated/α-hetero) is 1. The van der Waals surface area contributed by atoms with Crippen molar-refractivity contribution in [2.24, 2.45) is 17.8 Å². The third-order valence-electron chi connectivity index (χ3n) is 6.95. The van der Waals surface area contributed by atoms with Crippen LogP contribution in [-0.2, 0) is 4.79 Å². The highest BCUT2D eigenvalue weighted by molar-refractivity contribution is 6.01. The van der Waals surface area contributed by atoms with Crippen LogP contribution in [-0.4, -0.2) is 46.5 Å². The molecule has 3 fully saturated rings. The molecule has 4 atom stereocenters. The molecule has 1 N–H and O–H groups in total. The van der Waals surface area contributed by atoms with E-state index in [4.69, 9.17) is 4.74 Å². The quantitative estimate of drug-likeness (QED) is 0.840. The van der Waals surface area contributed by atoms with Gasteiger partial charge < -0.3 is 14.7 Å². The fraction of sp³-hybridized carbons (Fsp3) is 0.619. The number of benzene rings is 1. The van der Waals surface area contributed by atoms with Crippen molar-refractivity contribution >= 4 is 11.7 Å². The fourth-order valence-corrected chi connectivity index (χ4v) is 5.56. The summed E-state index contributed by atoms with van der Waals surface area (Å²) in [6.07, 6.45) is 3.29. The summed E-state index contributed by atoms with van der Waals surface area (Å²) in [5, 5.41) is 9.67. The third-order valence-corrected chi connectivity index (χ3v) is 6.95. The maximum Gasteiger partial charge on any atom is 0.226 e. The molecule has 0 unspecified atom stereocenters. The van der Waals surface area contributed by atoms with E-state index in [1.807, 2.05) is 30.0 Å². The first-order valence-electron chi connectivity index (χ1n) is 9.78.